The third kappa shape index (κ3) is 6.23. The molecular formula is C30H27N3O2S. The summed E-state index contributed by atoms with van der Waals surface area (Å²) in [6, 6.07) is 31.1. The van der Waals surface area contributed by atoms with Crippen LogP contribution in [0.3, 0.4) is 0 Å². The van der Waals surface area contributed by atoms with Gasteiger partial charge in [0.1, 0.15) is 0 Å². The third-order valence-electron chi connectivity index (χ3n) is 5.82. The first-order valence-corrected chi connectivity index (χ1v) is 12.1. The van der Waals surface area contributed by atoms with Gasteiger partial charge in [0.25, 0.3) is 5.91 Å². The summed E-state index contributed by atoms with van der Waals surface area (Å²) in [4.78, 5) is 27.1. The van der Waals surface area contributed by atoms with Gasteiger partial charge in [0.05, 0.1) is 11.3 Å². The van der Waals surface area contributed by atoms with Gasteiger partial charge in [-0.15, -0.1) is 0 Å². The van der Waals surface area contributed by atoms with Crippen molar-refractivity contribution in [1.82, 2.24) is 10.6 Å². The highest BCUT2D eigenvalue weighted by Gasteiger charge is 2.17. The van der Waals surface area contributed by atoms with Crippen molar-refractivity contribution in [2.24, 2.45) is 0 Å². The molecule has 0 heterocycles. The van der Waals surface area contributed by atoms with Gasteiger partial charge < -0.3 is 10.2 Å². The Morgan fingerprint density at radius 1 is 0.861 bits per heavy atom. The van der Waals surface area contributed by atoms with E-state index in [0.717, 1.165) is 28.3 Å². The standard InChI is InChI=1S/C30H27N3O2S/c1-33(27-17-8-7-16-26(27)29(35)31-21-20-22-10-3-2-4-11-22)30(36)32-28(34)19-18-24-14-9-13-23-12-5-6-15-25(23)24/h2-19H,20-21H2,1H3,(H,31,35)(H,32,34,36). The van der Waals surface area contributed by atoms with E-state index >= 15 is 0 Å². The van der Waals surface area contributed by atoms with Crippen molar-refractivity contribution in [2.45, 2.75) is 6.42 Å². The van der Waals surface area contributed by atoms with Crippen molar-refractivity contribution >= 4 is 51.7 Å². The van der Waals surface area contributed by atoms with Crippen molar-refractivity contribution in [1.29, 1.82) is 0 Å². The maximum atomic E-state index is 12.9. The fourth-order valence-corrected chi connectivity index (χ4v) is 4.12. The summed E-state index contributed by atoms with van der Waals surface area (Å²) in [6.07, 6.45) is 3.97. The molecule has 0 aliphatic carbocycles. The molecule has 0 aliphatic rings. The molecule has 0 aromatic heterocycles. The summed E-state index contributed by atoms with van der Waals surface area (Å²) >= 11 is 5.47. The SMILES string of the molecule is CN(C(=S)NC(=O)C=Cc1cccc2ccccc12)c1ccccc1C(=O)NCCc1ccccc1. The summed E-state index contributed by atoms with van der Waals surface area (Å²) in [7, 11) is 1.73. The Balaban J connectivity index is 1.39. The monoisotopic (exact) mass is 493 g/mol. The van der Waals surface area contributed by atoms with Crippen molar-refractivity contribution < 1.29 is 9.59 Å². The molecular weight excluding hydrogens is 466 g/mol. The summed E-state index contributed by atoms with van der Waals surface area (Å²) in [5, 5.41) is 8.07. The first-order chi connectivity index (χ1) is 17.5. The number of carbonyl (C=O) groups excluding carboxylic acids is 2. The largest absolute Gasteiger partial charge is 0.352 e. The number of carbonyl (C=O) groups is 2. The van der Waals surface area contributed by atoms with Gasteiger partial charge in [0, 0.05) is 19.7 Å². The zero-order valence-corrected chi connectivity index (χ0v) is 20.8. The molecule has 0 radical (unpaired) electrons. The highest BCUT2D eigenvalue weighted by molar-refractivity contribution is 7.80. The quantitative estimate of drug-likeness (QED) is 0.269. The van der Waals surface area contributed by atoms with Crippen LogP contribution in [-0.4, -0.2) is 30.5 Å². The number of nitrogens with one attached hydrogen (secondary N) is 2. The molecule has 5 nitrogen and oxygen atoms in total. The first-order valence-electron chi connectivity index (χ1n) is 11.7. The van der Waals surface area contributed by atoms with Crippen LogP contribution in [0.25, 0.3) is 16.8 Å². The maximum absolute atomic E-state index is 12.9. The second-order valence-electron chi connectivity index (χ2n) is 8.26. The zero-order chi connectivity index (χ0) is 25.3. The molecule has 0 saturated heterocycles. The topological polar surface area (TPSA) is 61.4 Å². The number of hydrogen-bond donors (Lipinski definition) is 2. The number of fused-ring (bicyclic) bond motifs is 1. The molecule has 4 rings (SSSR count). The average Bonchev–Trinajstić information content (AvgIpc) is 2.92. The van der Waals surface area contributed by atoms with Gasteiger partial charge in [-0.05, 0) is 58.7 Å². The zero-order valence-electron chi connectivity index (χ0n) is 20.0. The number of anilines is 1. The molecule has 4 aromatic rings. The molecule has 4 aromatic carbocycles. The van der Waals surface area contributed by atoms with Crippen LogP contribution in [0.2, 0.25) is 0 Å². The van der Waals surface area contributed by atoms with Crippen molar-refractivity contribution in [3.05, 3.63) is 120 Å². The van der Waals surface area contributed by atoms with Crippen LogP contribution in [0.4, 0.5) is 5.69 Å². The van der Waals surface area contributed by atoms with Crippen LogP contribution in [0, 0.1) is 0 Å². The minimum atomic E-state index is -0.343. The minimum absolute atomic E-state index is 0.196. The van der Waals surface area contributed by atoms with E-state index in [-0.39, 0.29) is 16.9 Å². The van der Waals surface area contributed by atoms with Crippen LogP contribution in [-0.2, 0) is 11.2 Å². The van der Waals surface area contributed by atoms with Crippen molar-refractivity contribution in [3.8, 4) is 0 Å². The van der Waals surface area contributed by atoms with Crippen LogP contribution in [0.1, 0.15) is 21.5 Å². The Morgan fingerprint density at radius 3 is 2.39 bits per heavy atom. The normalized spacial score (nSPS) is 10.8. The number of thiocarbonyl (C=S) groups is 1. The van der Waals surface area contributed by atoms with Crippen molar-refractivity contribution in [3.63, 3.8) is 0 Å². The van der Waals surface area contributed by atoms with Gasteiger partial charge >= 0.3 is 0 Å². The fourth-order valence-electron chi connectivity index (χ4n) is 3.92. The maximum Gasteiger partial charge on any atom is 0.253 e. The van der Waals surface area contributed by atoms with Gasteiger partial charge in [-0.3, -0.25) is 14.9 Å². The summed E-state index contributed by atoms with van der Waals surface area (Å²) in [5.41, 5.74) is 3.19. The predicted molar refractivity (Wildman–Crippen MR) is 151 cm³/mol. The summed E-state index contributed by atoms with van der Waals surface area (Å²) in [6.45, 7) is 0.515. The molecule has 36 heavy (non-hydrogen) atoms. The van der Waals surface area contributed by atoms with Crippen LogP contribution in [0.5, 0.6) is 0 Å². The van der Waals surface area contributed by atoms with E-state index in [1.807, 2.05) is 78.9 Å². The summed E-state index contributed by atoms with van der Waals surface area (Å²) < 4.78 is 0. The molecule has 0 atom stereocenters. The highest BCUT2D eigenvalue weighted by atomic mass is 32.1. The molecule has 0 bridgehead atoms. The lowest BCUT2D eigenvalue weighted by Gasteiger charge is -2.22. The molecule has 180 valence electrons. The van der Waals surface area contributed by atoms with E-state index in [9.17, 15) is 9.59 Å². The number of benzene rings is 4. The van der Waals surface area contributed by atoms with E-state index in [1.54, 1.807) is 36.2 Å². The van der Waals surface area contributed by atoms with Crippen molar-refractivity contribution in [2.75, 3.05) is 18.5 Å². The van der Waals surface area contributed by atoms with Crippen LogP contribution < -0.4 is 15.5 Å². The number of nitrogens with zero attached hydrogens (tertiary/aromatic N) is 1. The van der Waals surface area contributed by atoms with Crippen LogP contribution in [0.15, 0.2) is 103 Å². The Bertz CT molecular complexity index is 1410. The smallest absolute Gasteiger partial charge is 0.253 e. The molecule has 2 amide bonds. The third-order valence-corrected chi connectivity index (χ3v) is 6.20. The van der Waals surface area contributed by atoms with Gasteiger partial charge in [-0.25, -0.2) is 0 Å². The fraction of sp³-hybridized carbons (Fsp3) is 0.100. The van der Waals surface area contributed by atoms with E-state index in [2.05, 4.69) is 10.6 Å². The minimum Gasteiger partial charge on any atom is -0.352 e. The molecule has 0 unspecified atom stereocenters. The summed E-state index contributed by atoms with van der Waals surface area (Å²) in [5.74, 6) is -0.539. The van der Waals surface area contributed by atoms with E-state index in [1.165, 1.54) is 6.08 Å². The molecule has 0 aliphatic heterocycles. The van der Waals surface area contributed by atoms with Gasteiger partial charge in [0.2, 0.25) is 5.91 Å². The van der Waals surface area contributed by atoms with E-state index < -0.39 is 0 Å². The lowest BCUT2D eigenvalue weighted by Crippen LogP contribution is -2.41. The Kier molecular flexibility index (Phi) is 8.21. The van der Waals surface area contributed by atoms with Gasteiger partial charge in [0.15, 0.2) is 5.11 Å². The lowest BCUT2D eigenvalue weighted by molar-refractivity contribution is -0.115. The van der Waals surface area contributed by atoms with Crippen LogP contribution >= 0.6 is 12.2 Å². The van der Waals surface area contributed by atoms with Gasteiger partial charge in [-0.1, -0.05) is 84.9 Å². The number of amides is 2. The predicted octanol–water partition coefficient (Wildman–Crippen LogP) is 5.36. The Labute approximate surface area is 216 Å². The first kappa shape index (κ1) is 24.8. The molecule has 2 N–H and O–H groups in total. The molecule has 6 heteroatoms. The molecule has 0 spiro atoms. The number of rotatable bonds is 7. The van der Waals surface area contributed by atoms with Gasteiger partial charge in [-0.2, -0.15) is 0 Å². The molecule has 0 saturated carbocycles. The number of hydrogen-bond acceptors (Lipinski definition) is 3. The molecule has 0 fully saturated rings. The van der Waals surface area contributed by atoms with E-state index in [0.29, 0.717) is 17.8 Å². The average molecular weight is 494 g/mol. The highest BCUT2D eigenvalue weighted by Crippen LogP contribution is 2.21. The second-order valence-corrected chi connectivity index (χ2v) is 8.65. The Hall–Kier alpha value is -4.29. The van der Waals surface area contributed by atoms with E-state index in [4.69, 9.17) is 12.2 Å². The number of para-hydroxylation sites is 1. The second kappa shape index (κ2) is 11.9. The Morgan fingerprint density at radius 2 is 1.56 bits per heavy atom. The lowest BCUT2D eigenvalue weighted by atomic mass is 10.0.